The molecule has 0 saturated heterocycles. The van der Waals surface area contributed by atoms with E-state index in [4.69, 9.17) is 4.74 Å². The highest BCUT2D eigenvalue weighted by atomic mass is 32.2. The summed E-state index contributed by atoms with van der Waals surface area (Å²) < 4.78 is 30.2. The highest BCUT2D eigenvalue weighted by molar-refractivity contribution is 7.89. The molecule has 0 saturated carbocycles. The highest BCUT2D eigenvalue weighted by Crippen LogP contribution is 2.16. The summed E-state index contributed by atoms with van der Waals surface area (Å²) in [6, 6.07) is 12.3. The van der Waals surface area contributed by atoms with Gasteiger partial charge in [-0.15, -0.1) is 0 Å². The van der Waals surface area contributed by atoms with E-state index in [-0.39, 0.29) is 11.4 Å². The zero-order valence-electron chi connectivity index (χ0n) is 15.2. The molecule has 0 atom stereocenters. The largest absolute Gasteiger partial charge is 0.497 e. The van der Waals surface area contributed by atoms with E-state index in [2.05, 4.69) is 10.6 Å². The van der Waals surface area contributed by atoms with Crippen molar-refractivity contribution in [2.75, 3.05) is 33.1 Å². The standard InChI is InChI=1S/C18H21N3O5S/c1-21(2)27(24,25)16-9-7-14(8-10-16)20-17(22)12-19-18(23)13-5-4-6-15(11-13)26-3/h4-11H,12H2,1-3H3,(H,19,23)(H,20,22). The van der Waals surface area contributed by atoms with Gasteiger partial charge in [0.2, 0.25) is 15.9 Å². The summed E-state index contributed by atoms with van der Waals surface area (Å²) in [6.07, 6.45) is 0. The summed E-state index contributed by atoms with van der Waals surface area (Å²) in [7, 11) is 0.854. The van der Waals surface area contributed by atoms with Crippen molar-refractivity contribution in [2.45, 2.75) is 4.90 Å². The van der Waals surface area contributed by atoms with Crippen LogP contribution in [0.1, 0.15) is 10.4 Å². The molecular formula is C18H21N3O5S. The Hall–Kier alpha value is -2.91. The molecule has 2 aromatic carbocycles. The SMILES string of the molecule is COc1cccc(C(=O)NCC(=O)Nc2ccc(S(=O)(=O)N(C)C)cc2)c1. The number of hydrogen-bond acceptors (Lipinski definition) is 5. The zero-order chi connectivity index (χ0) is 20.0. The molecule has 0 bridgehead atoms. The maximum atomic E-state index is 12.1. The maximum absolute atomic E-state index is 12.1. The zero-order valence-corrected chi connectivity index (χ0v) is 16.0. The fourth-order valence-corrected chi connectivity index (χ4v) is 3.05. The third kappa shape index (κ3) is 5.28. The Labute approximate surface area is 158 Å². The first kappa shape index (κ1) is 20.4. The van der Waals surface area contributed by atoms with Crippen LogP contribution in [0.25, 0.3) is 0 Å². The van der Waals surface area contributed by atoms with Gasteiger partial charge in [-0.1, -0.05) is 6.07 Å². The van der Waals surface area contributed by atoms with Gasteiger partial charge in [-0.05, 0) is 42.5 Å². The molecule has 0 fully saturated rings. The molecule has 2 N–H and O–H groups in total. The van der Waals surface area contributed by atoms with Crippen LogP contribution in [0, 0.1) is 0 Å². The van der Waals surface area contributed by atoms with E-state index in [9.17, 15) is 18.0 Å². The fourth-order valence-electron chi connectivity index (χ4n) is 2.15. The van der Waals surface area contributed by atoms with Gasteiger partial charge in [0.1, 0.15) is 5.75 Å². The summed E-state index contributed by atoms with van der Waals surface area (Å²) in [6.45, 7) is -0.228. The third-order valence-corrected chi connectivity index (χ3v) is 5.49. The van der Waals surface area contributed by atoms with Crippen molar-refractivity contribution in [2.24, 2.45) is 0 Å². The van der Waals surface area contributed by atoms with Crippen molar-refractivity contribution in [1.82, 2.24) is 9.62 Å². The predicted molar refractivity (Wildman–Crippen MR) is 101 cm³/mol. The second kappa shape index (κ2) is 8.65. The molecule has 9 heteroatoms. The third-order valence-electron chi connectivity index (χ3n) is 3.66. The number of carbonyl (C=O) groups excluding carboxylic acids is 2. The maximum Gasteiger partial charge on any atom is 0.251 e. The summed E-state index contributed by atoms with van der Waals surface area (Å²) >= 11 is 0. The average Bonchev–Trinajstić information content (AvgIpc) is 2.66. The molecule has 8 nitrogen and oxygen atoms in total. The fraction of sp³-hybridized carbons (Fsp3) is 0.222. The summed E-state index contributed by atoms with van der Waals surface area (Å²) in [5.74, 6) is -0.300. The van der Waals surface area contributed by atoms with E-state index in [1.807, 2.05) is 0 Å². The molecule has 0 radical (unpaired) electrons. The quantitative estimate of drug-likeness (QED) is 0.741. The minimum atomic E-state index is -3.53. The Morgan fingerprint density at radius 2 is 1.74 bits per heavy atom. The summed E-state index contributed by atoms with van der Waals surface area (Å²) in [5.41, 5.74) is 0.800. The van der Waals surface area contributed by atoms with Crippen molar-refractivity contribution >= 4 is 27.5 Å². The van der Waals surface area contributed by atoms with Crippen LogP contribution >= 0.6 is 0 Å². The van der Waals surface area contributed by atoms with Gasteiger partial charge in [-0.2, -0.15) is 0 Å². The van der Waals surface area contributed by atoms with Crippen molar-refractivity contribution in [3.05, 3.63) is 54.1 Å². The van der Waals surface area contributed by atoms with Crippen LogP contribution in [0.5, 0.6) is 5.75 Å². The lowest BCUT2D eigenvalue weighted by molar-refractivity contribution is -0.115. The Kier molecular flexibility index (Phi) is 6.54. The molecule has 2 aromatic rings. The first-order chi connectivity index (χ1) is 12.7. The van der Waals surface area contributed by atoms with Gasteiger partial charge in [-0.3, -0.25) is 9.59 Å². The highest BCUT2D eigenvalue weighted by Gasteiger charge is 2.17. The molecule has 2 rings (SSSR count). The van der Waals surface area contributed by atoms with Gasteiger partial charge in [0.15, 0.2) is 0 Å². The molecule has 0 aliphatic heterocycles. The van der Waals surface area contributed by atoms with Crippen LogP contribution in [0.2, 0.25) is 0 Å². The number of methoxy groups -OCH3 is 1. The Balaban J connectivity index is 1.93. The van der Waals surface area contributed by atoms with Gasteiger partial charge in [-0.25, -0.2) is 12.7 Å². The van der Waals surface area contributed by atoms with Crippen molar-refractivity contribution in [1.29, 1.82) is 0 Å². The number of amides is 2. The van der Waals surface area contributed by atoms with Crippen LogP contribution in [0.3, 0.4) is 0 Å². The number of nitrogens with one attached hydrogen (secondary N) is 2. The number of benzene rings is 2. The molecule has 0 spiro atoms. The van der Waals surface area contributed by atoms with Gasteiger partial charge >= 0.3 is 0 Å². The summed E-state index contributed by atoms with van der Waals surface area (Å²) in [5, 5.41) is 5.10. The molecular weight excluding hydrogens is 370 g/mol. The number of anilines is 1. The lowest BCUT2D eigenvalue weighted by Crippen LogP contribution is -2.32. The van der Waals surface area contributed by atoms with E-state index in [0.29, 0.717) is 17.0 Å². The minimum absolute atomic E-state index is 0.122. The van der Waals surface area contributed by atoms with Crippen LogP contribution in [-0.4, -0.2) is 52.3 Å². The topological polar surface area (TPSA) is 105 Å². The number of hydrogen-bond donors (Lipinski definition) is 2. The van der Waals surface area contributed by atoms with Crippen molar-refractivity contribution in [3.8, 4) is 5.75 Å². The van der Waals surface area contributed by atoms with Crippen LogP contribution in [0.15, 0.2) is 53.4 Å². The Morgan fingerprint density at radius 1 is 1.07 bits per heavy atom. The Bertz CT molecular complexity index is 924. The molecule has 0 aromatic heterocycles. The molecule has 0 aliphatic rings. The average molecular weight is 391 g/mol. The molecule has 2 amide bonds. The minimum Gasteiger partial charge on any atom is -0.497 e. The second-order valence-electron chi connectivity index (χ2n) is 5.77. The van der Waals surface area contributed by atoms with E-state index >= 15 is 0 Å². The van der Waals surface area contributed by atoms with Crippen LogP contribution in [0.4, 0.5) is 5.69 Å². The van der Waals surface area contributed by atoms with E-state index in [1.54, 1.807) is 24.3 Å². The van der Waals surface area contributed by atoms with E-state index in [1.165, 1.54) is 45.5 Å². The Morgan fingerprint density at radius 3 is 2.33 bits per heavy atom. The molecule has 0 unspecified atom stereocenters. The first-order valence-corrected chi connectivity index (χ1v) is 9.42. The lowest BCUT2D eigenvalue weighted by atomic mass is 10.2. The number of ether oxygens (including phenoxy) is 1. The van der Waals surface area contributed by atoms with E-state index in [0.717, 1.165) is 4.31 Å². The molecule has 27 heavy (non-hydrogen) atoms. The summed E-state index contributed by atoms with van der Waals surface area (Å²) in [4.78, 5) is 24.2. The van der Waals surface area contributed by atoms with Crippen molar-refractivity contribution in [3.63, 3.8) is 0 Å². The smallest absolute Gasteiger partial charge is 0.251 e. The lowest BCUT2D eigenvalue weighted by Gasteiger charge is -2.12. The van der Waals surface area contributed by atoms with E-state index < -0.39 is 21.8 Å². The molecule has 0 aliphatic carbocycles. The number of carbonyl (C=O) groups is 2. The predicted octanol–water partition coefficient (Wildman–Crippen LogP) is 1.31. The monoisotopic (exact) mass is 391 g/mol. The normalized spacial score (nSPS) is 11.1. The van der Waals surface area contributed by atoms with Crippen LogP contribution < -0.4 is 15.4 Å². The second-order valence-corrected chi connectivity index (χ2v) is 7.93. The number of rotatable bonds is 7. The van der Waals surface area contributed by atoms with Gasteiger partial charge < -0.3 is 15.4 Å². The molecule has 0 heterocycles. The first-order valence-electron chi connectivity index (χ1n) is 7.98. The van der Waals surface area contributed by atoms with Gasteiger partial charge in [0.25, 0.3) is 5.91 Å². The van der Waals surface area contributed by atoms with Gasteiger partial charge in [0, 0.05) is 25.3 Å². The number of sulfonamides is 1. The van der Waals surface area contributed by atoms with Gasteiger partial charge in [0.05, 0.1) is 18.6 Å². The number of nitrogens with zero attached hydrogens (tertiary/aromatic N) is 1. The van der Waals surface area contributed by atoms with Crippen LogP contribution in [-0.2, 0) is 14.8 Å². The van der Waals surface area contributed by atoms with Crippen molar-refractivity contribution < 1.29 is 22.7 Å². The molecule has 144 valence electrons.